The van der Waals surface area contributed by atoms with Gasteiger partial charge in [-0.15, -0.1) is 5.10 Å². The van der Waals surface area contributed by atoms with E-state index in [1.54, 1.807) is 30.3 Å². The monoisotopic (exact) mass is 417 g/mol. The predicted molar refractivity (Wildman–Crippen MR) is 104 cm³/mol. The predicted octanol–water partition coefficient (Wildman–Crippen LogP) is 0.520. The van der Waals surface area contributed by atoms with Gasteiger partial charge in [-0.2, -0.15) is 4.31 Å². The second-order valence-corrected chi connectivity index (χ2v) is 8.25. The van der Waals surface area contributed by atoms with Gasteiger partial charge in [-0.3, -0.25) is 4.79 Å². The molecule has 0 radical (unpaired) electrons. The molecule has 0 atom stereocenters. The molecule has 0 unspecified atom stereocenters. The van der Waals surface area contributed by atoms with Gasteiger partial charge >= 0.3 is 0 Å². The first-order valence-electron chi connectivity index (χ1n) is 8.95. The lowest BCUT2D eigenvalue weighted by Crippen LogP contribution is -2.40. The Morgan fingerprint density at radius 1 is 1.14 bits per heavy atom. The van der Waals surface area contributed by atoms with E-state index in [-0.39, 0.29) is 17.4 Å². The number of aromatic nitrogens is 3. The number of para-hydroxylation sites is 1. The van der Waals surface area contributed by atoms with Crippen LogP contribution in [-0.4, -0.2) is 66.7 Å². The Kier molecular flexibility index (Phi) is 5.43. The van der Waals surface area contributed by atoms with Crippen LogP contribution in [0.25, 0.3) is 11.0 Å². The van der Waals surface area contributed by atoms with Crippen molar-refractivity contribution in [2.24, 2.45) is 0 Å². The number of hydrogen-bond acceptors (Lipinski definition) is 7. The van der Waals surface area contributed by atoms with Crippen LogP contribution in [0, 0.1) is 0 Å². The maximum absolute atomic E-state index is 12.8. The minimum Gasteiger partial charge on any atom is -0.385 e. The van der Waals surface area contributed by atoms with E-state index in [2.05, 4.69) is 15.6 Å². The number of hydrogen-bond donors (Lipinski definition) is 1. The molecule has 1 N–H and O–H groups in total. The number of carbonyl (C=O) groups excluding carboxylic acids is 1. The van der Waals surface area contributed by atoms with Crippen LogP contribution in [0.2, 0.25) is 0 Å². The van der Waals surface area contributed by atoms with E-state index >= 15 is 0 Å². The number of morpholine rings is 1. The summed E-state index contributed by atoms with van der Waals surface area (Å²) in [5.74, 6) is -0.378. The van der Waals surface area contributed by atoms with Crippen LogP contribution in [0.5, 0.6) is 0 Å². The Morgan fingerprint density at radius 3 is 2.66 bits per heavy atom. The molecular weight excluding hydrogens is 398 g/mol. The number of benzene rings is 2. The molecule has 1 fully saturated rings. The van der Waals surface area contributed by atoms with E-state index < -0.39 is 10.0 Å². The van der Waals surface area contributed by atoms with Gasteiger partial charge in [0.05, 0.1) is 18.1 Å². The summed E-state index contributed by atoms with van der Waals surface area (Å²) >= 11 is 0. The molecule has 4 rings (SSSR count). The zero-order chi connectivity index (χ0) is 20.3. The second-order valence-electron chi connectivity index (χ2n) is 6.32. The number of nitrogens with zero attached hydrogens (tertiary/aromatic N) is 4. The van der Waals surface area contributed by atoms with E-state index in [1.807, 2.05) is 6.07 Å². The van der Waals surface area contributed by atoms with Gasteiger partial charge in [-0.05, 0) is 35.5 Å². The first-order valence-corrected chi connectivity index (χ1v) is 10.4. The number of sulfonamides is 1. The number of ether oxygens (including phenoxy) is 1. The third-order valence-electron chi connectivity index (χ3n) is 4.37. The summed E-state index contributed by atoms with van der Waals surface area (Å²) in [4.78, 5) is 18.6. The van der Waals surface area contributed by atoms with Crippen molar-refractivity contribution in [1.29, 1.82) is 0 Å². The van der Waals surface area contributed by atoms with Crippen LogP contribution < -0.4 is 10.2 Å². The zero-order valence-electron chi connectivity index (χ0n) is 15.4. The van der Waals surface area contributed by atoms with Gasteiger partial charge in [0.25, 0.3) is 5.91 Å². The number of carbonyl (C=O) groups is 1. The van der Waals surface area contributed by atoms with Crippen LogP contribution >= 0.6 is 0 Å². The van der Waals surface area contributed by atoms with E-state index in [1.165, 1.54) is 16.4 Å². The lowest BCUT2D eigenvalue weighted by atomic mass is 10.3. The Balaban J connectivity index is 1.50. The van der Waals surface area contributed by atoms with Crippen molar-refractivity contribution in [1.82, 2.24) is 19.5 Å². The van der Waals surface area contributed by atoms with Crippen LogP contribution in [0.1, 0.15) is 0 Å². The largest absolute Gasteiger partial charge is 0.385 e. The third kappa shape index (κ3) is 4.21. The van der Waals surface area contributed by atoms with E-state index in [0.717, 1.165) is 4.85 Å². The fourth-order valence-electron chi connectivity index (χ4n) is 2.91. The number of amides is 1. The highest BCUT2D eigenvalue weighted by molar-refractivity contribution is 7.89. The third-order valence-corrected chi connectivity index (χ3v) is 6.26. The minimum atomic E-state index is -3.67. The highest BCUT2D eigenvalue weighted by Crippen LogP contribution is 2.21. The van der Waals surface area contributed by atoms with Crippen LogP contribution in [-0.2, 0) is 19.6 Å². The van der Waals surface area contributed by atoms with Gasteiger partial charge < -0.3 is 14.9 Å². The Morgan fingerprint density at radius 2 is 1.90 bits per heavy atom. The van der Waals surface area contributed by atoms with Crippen molar-refractivity contribution in [3.63, 3.8) is 0 Å². The molecule has 3 aromatic rings. The normalized spacial score (nSPS) is 15.3. The molecule has 11 heteroatoms. The Hall–Kier alpha value is -3.02. The quantitative estimate of drug-likeness (QED) is 0.622. The van der Waals surface area contributed by atoms with Crippen molar-refractivity contribution in [2.75, 3.05) is 38.2 Å². The molecule has 2 aromatic carbocycles. The molecule has 1 amide bonds. The van der Waals surface area contributed by atoms with Gasteiger partial charge in [0.1, 0.15) is 11.0 Å². The molecule has 0 saturated carbocycles. The highest BCUT2D eigenvalue weighted by Gasteiger charge is 2.27. The van der Waals surface area contributed by atoms with Crippen molar-refractivity contribution in [3.05, 3.63) is 48.5 Å². The second kappa shape index (κ2) is 8.15. The summed E-state index contributed by atoms with van der Waals surface area (Å²) in [7, 11) is -3.67. The van der Waals surface area contributed by atoms with Crippen molar-refractivity contribution < 1.29 is 22.8 Å². The van der Waals surface area contributed by atoms with Crippen molar-refractivity contribution >= 4 is 32.7 Å². The van der Waals surface area contributed by atoms with Crippen LogP contribution in [0.15, 0.2) is 53.4 Å². The van der Waals surface area contributed by atoms with E-state index in [0.29, 0.717) is 43.0 Å². The minimum absolute atomic E-state index is 0.104. The number of fused-ring (bicyclic) bond motifs is 1. The maximum atomic E-state index is 12.8. The van der Waals surface area contributed by atoms with E-state index in [9.17, 15) is 13.2 Å². The molecule has 1 saturated heterocycles. The molecular formula is C18H19N5O5S. The summed E-state index contributed by atoms with van der Waals surface area (Å²) in [6.45, 7) is 1.01. The maximum Gasteiger partial charge on any atom is 0.265 e. The Bertz CT molecular complexity index is 1110. The van der Waals surface area contributed by atoms with Gasteiger partial charge in [-0.25, -0.2) is 8.42 Å². The smallest absolute Gasteiger partial charge is 0.265 e. The van der Waals surface area contributed by atoms with Crippen molar-refractivity contribution in [3.8, 4) is 0 Å². The summed E-state index contributed by atoms with van der Waals surface area (Å²) in [6.07, 6.45) is 0. The topological polar surface area (TPSA) is 116 Å². The number of nitrogens with one attached hydrogen (secondary N) is 1. The zero-order valence-corrected chi connectivity index (χ0v) is 16.2. The lowest BCUT2D eigenvalue weighted by molar-refractivity contribution is -0.121. The molecule has 2 heterocycles. The standard InChI is InChI=1S/C18H19N5O5S/c24-18(19-14-4-2-1-3-5-14)13-28-23-17-12-15(6-7-16(17)20-21-23)29(25,26)22-8-10-27-11-9-22/h1-7,12H,8-11,13H2,(H,19,24). The first kappa shape index (κ1) is 19.3. The molecule has 0 bridgehead atoms. The molecule has 0 spiro atoms. The van der Waals surface area contributed by atoms with Crippen LogP contribution in [0.3, 0.4) is 0 Å². The molecule has 0 aliphatic carbocycles. The SMILES string of the molecule is O=C(COn1nnc2ccc(S(=O)(=O)N3CCOCC3)cc21)Nc1ccccc1. The number of anilines is 1. The van der Waals surface area contributed by atoms with Crippen LogP contribution in [0.4, 0.5) is 5.69 Å². The molecule has 29 heavy (non-hydrogen) atoms. The van der Waals surface area contributed by atoms with Gasteiger partial charge in [0.15, 0.2) is 6.61 Å². The summed E-state index contributed by atoms with van der Waals surface area (Å²) in [5, 5.41) is 10.5. The molecule has 10 nitrogen and oxygen atoms in total. The Labute approximate surface area is 167 Å². The fourth-order valence-corrected chi connectivity index (χ4v) is 4.34. The van der Waals surface area contributed by atoms with Gasteiger partial charge in [0, 0.05) is 18.8 Å². The number of rotatable bonds is 6. The average Bonchev–Trinajstić information content (AvgIpc) is 3.16. The summed E-state index contributed by atoms with van der Waals surface area (Å²) in [6, 6.07) is 13.4. The summed E-state index contributed by atoms with van der Waals surface area (Å²) in [5.41, 5.74) is 1.45. The molecule has 1 aliphatic rings. The first-order chi connectivity index (χ1) is 14.0. The molecule has 1 aliphatic heterocycles. The molecule has 1 aromatic heterocycles. The fraction of sp³-hybridized carbons (Fsp3) is 0.278. The van der Waals surface area contributed by atoms with Gasteiger partial charge in [-0.1, -0.05) is 23.0 Å². The average molecular weight is 417 g/mol. The highest BCUT2D eigenvalue weighted by atomic mass is 32.2. The lowest BCUT2D eigenvalue weighted by Gasteiger charge is -2.26. The molecule has 152 valence electrons. The van der Waals surface area contributed by atoms with Gasteiger partial charge in [0.2, 0.25) is 10.0 Å². The van der Waals surface area contributed by atoms with E-state index in [4.69, 9.17) is 9.57 Å². The van der Waals surface area contributed by atoms with Crippen molar-refractivity contribution in [2.45, 2.75) is 4.90 Å². The summed E-state index contributed by atoms with van der Waals surface area (Å²) < 4.78 is 32.3.